The Balaban J connectivity index is 1.92. The first-order chi connectivity index (χ1) is 7.74. The first kappa shape index (κ1) is 12.4. The first-order valence-corrected chi connectivity index (χ1v) is 7.23. The van der Waals surface area contributed by atoms with Gasteiger partial charge in [0.25, 0.3) is 0 Å². The maximum absolute atomic E-state index is 3.66. The van der Waals surface area contributed by atoms with Gasteiger partial charge in [-0.05, 0) is 26.2 Å². The molecule has 0 spiro atoms. The zero-order valence-electron chi connectivity index (χ0n) is 11.1. The number of rotatable bonds is 3. The molecule has 1 N–H and O–H groups in total. The zero-order valence-corrected chi connectivity index (χ0v) is 11.1. The van der Waals surface area contributed by atoms with Crippen LogP contribution in [0.1, 0.15) is 58.8 Å². The molecule has 1 aliphatic heterocycles. The third-order valence-corrected chi connectivity index (χ3v) is 4.59. The largest absolute Gasteiger partial charge is 0.311 e. The van der Waals surface area contributed by atoms with Crippen LogP contribution in [0, 0.1) is 0 Å². The van der Waals surface area contributed by atoms with Crippen molar-refractivity contribution in [2.75, 3.05) is 19.6 Å². The van der Waals surface area contributed by atoms with E-state index in [4.69, 9.17) is 0 Å². The number of hydrogen-bond donors (Lipinski definition) is 1. The van der Waals surface area contributed by atoms with Gasteiger partial charge < -0.3 is 5.32 Å². The monoisotopic (exact) mass is 224 g/mol. The number of piperazine rings is 1. The summed E-state index contributed by atoms with van der Waals surface area (Å²) in [6.45, 7) is 8.53. The highest BCUT2D eigenvalue weighted by atomic mass is 15.3. The van der Waals surface area contributed by atoms with Gasteiger partial charge in [-0.3, -0.25) is 4.90 Å². The van der Waals surface area contributed by atoms with E-state index in [1.165, 1.54) is 64.6 Å². The van der Waals surface area contributed by atoms with Gasteiger partial charge in [-0.2, -0.15) is 0 Å². The second-order valence-electron chi connectivity index (χ2n) is 5.94. The van der Waals surface area contributed by atoms with Gasteiger partial charge in [0.2, 0.25) is 0 Å². The average Bonchev–Trinajstić information content (AvgIpc) is 2.31. The van der Waals surface area contributed by atoms with Crippen LogP contribution in [-0.2, 0) is 0 Å². The molecule has 0 aromatic heterocycles. The van der Waals surface area contributed by atoms with E-state index < -0.39 is 0 Å². The Bertz CT molecular complexity index is 207. The molecule has 0 radical (unpaired) electrons. The lowest BCUT2D eigenvalue weighted by Crippen LogP contribution is -2.59. The fourth-order valence-corrected chi connectivity index (χ4v) is 3.49. The minimum absolute atomic E-state index is 0.520. The van der Waals surface area contributed by atoms with Crippen LogP contribution in [0.25, 0.3) is 0 Å². The summed E-state index contributed by atoms with van der Waals surface area (Å²) in [4.78, 5) is 2.78. The van der Waals surface area contributed by atoms with Crippen LogP contribution >= 0.6 is 0 Å². The molecule has 1 heterocycles. The number of hydrogen-bond acceptors (Lipinski definition) is 2. The van der Waals surface area contributed by atoms with Gasteiger partial charge in [0.05, 0.1) is 0 Å². The molecule has 0 amide bonds. The molecule has 1 saturated carbocycles. The topological polar surface area (TPSA) is 15.3 Å². The molecule has 1 saturated heterocycles. The molecule has 0 bridgehead atoms. The molecule has 2 rings (SSSR count). The van der Waals surface area contributed by atoms with E-state index in [2.05, 4.69) is 24.1 Å². The Hall–Kier alpha value is -0.0800. The second kappa shape index (κ2) is 5.50. The minimum atomic E-state index is 0.520. The van der Waals surface area contributed by atoms with Crippen molar-refractivity contribution in [3.05, 3.63) is 0 Å². The minimum Gasteiger partial charge on any atom is -0.311 e. The van der Waals surface area contributed by atoms with Crippen LogP contribution in [-0.4, -0.2) is 36.1 Å². The highest BCUT2D eigenvalue weighted by molar-refractivity contribution is 4.93. The first-order valence-electron chi connectivity index (χ1n) is 7.23. The summed E-state index contributed by atoms with van der Waals surface area (Å²) in [5.74, 6) is 0. The van der Waals surface area contributed by atoms with Crippen LogP contribution in [0.4, 0.5) is 0 Å². The lowest BCUT2D eigenvalue weighted by Gasteiger charge is -2.48. The molecule has 94 valence electrons. The normalized spacial score (nSPS) is 31.5. The Morgan fingerprint density at radius 2 is 2.00 bits per heavy atom. The summed E-state index contributed by atoms with van der Waals surface area (Å²) in [5.41, 5.74) is 0.520. The predicted molar refractivity (Wildman–Crippen MR) is 69.8 cm³/mol. The van der Waals surface area contributed by atoms with Gasteiger partial charge in [-0.1, -0.05) is 32.6 Å². The van der Waals surface area contributed by atoms with Crippen molar-refractivity contribution in [2.24, 2.45) is 0 Å². The van der Waals surface area contributed by atoms with Gasteiger partial charge in [0.1, 0.15) is 0 Å². The van der Waals surface area contributed by atoms with Gasteiger partial charge in [-0.25, -0.2) is 0 Å². The van der Waals surface area contributed by atoms with Crippen molar-refractivity contribution in [3.63, 3.8) is 0 Å². The van der Waals surface area contributed by atoms with Gasteiger partial charge in [0.15, 0.2) is 0 Å². The Kier molecular flexibility index (Phi) is 4.26. The SMILES string of the molecule is CCCC1CN(C2(C)CCCCC2)CCN1. The maximum Gasteiger partial charge on any atom is 0.0195 e. The fraction of sp³-hybridized carbons (Fsp3) is 1.00. The lowest BCUT2D eigenvalue weighted by atomic mass is 9.81. The Morgan fingerprint density at radius 1 is 1.25 bits per heavy atom. The third kappa shape index (κ3) is 2.78. The zero-order chi connectivity index (χ0) is 11.4. The van der Waals surface area contributed by atoms with Crippen LogP contribution in [0.15, 0.2) is 0 Å². The van der Waals surface area contributed by atoms with Crippen molar-refractivity contribution in [3.8, 4) is 0 Å². The smallest absolute Gasteiger partial charge is 0.0195 e. The molecular formula is C14H28N2. The summed E-state index contributed by atoms with van der Waals surface area (Å²) >= 11 is 0. The summed E-state index contributed by atoms with van der Waals surface area (Å²) in [6.07, 6.45) is 9.84. The van der Waals surface area contributed by atoms with Crippen LogP contribution < -0.4 is 5.32 Å². The summed E-state index contributed by atoms with van der Waals surface area (Å²) < 4.78 is 0. The Morgan fingerprint density at radius 3 is 2.69 bits per heavy atom. The van der Waals surface area contributed by atoms with E-state index >= 15 is 0 Å². The number of nitrogens with one attached hydrogen (secondary N) is 1. The standard InChI is InChI=1S/C14H28N2/c1-3-7-13-12-16(11-10-15-13)14(2)8-5-4-6-9-14/h13,15H,3-12H2,1-2H3. The molecule has 2 nitrogen and oxygen atoms in total. The van der Waals surface area contributed by atoms with Gasteiger partial charge >= 0.3 is 0 Å². The average molecular weight is 224 g/mol. The molecule has 16 heavy (non-hydrogen) atoms. The van der Waals surface area contributed by atoms with Crippen LogP contribution in [0.3, 0.4) is 0 Å². The van der Waals surface area contributed by atoms with Crippen molar-refractivity contribution in [2.45, 2.75) is 70.4 Å². The van der Waals surface area contributed by atoms with Gasteiger partial charge in [0, 0.05) is 31.2 Å². The van der Waals surface area contributed by atoms with E-state index in [1.807, 2.05) is 0 Å². The van der Waals surface area contributed by atoms with E-state index in [9.17, 15) is 0 Å². The van der Waals surface area contributed by atoms with Crippen LogP contribution in [0.2, 0.25) is 0 Å². The van der Waals surface area contributed by atoms with E-state index in [1.54, 1.807) is 0 Å². The molecule has 2 aliphatic rings. The molecule has 2 fully saturated rings. The van der Waals surface area contributed by atoms with Crippen molar-refractivity contribution >= 4 is 0 Å². The summed E-state index contributed by atoms with van der Waals surface area (Å²) in [7, 11) is 0. The molecule has 0 aromatic rings. The van der Waals surface area contributed by atoms with E-state index in [-0.39, 0.29) is 0 Å². The highest BCUT2D eigenvalue weighted by Gasteiger charge is 2.35. The fourth-order valence-electron chi connectivity index (χ4n) is 3.49. The predicted octanol–water partition coefficient (Wildman–Crippen LogP) is 2.78. The molecular weight excluding hydrogens is 196 g/mol. The molecule has 2 heteroatoms. The highest BCUT2D eigenvalue weighted by Crippen LogP contribution is 2.33. The Labute approximate surface area is 101 Å². The second-order valence-corrected chi connectivity index (χ2v) is 5.94. The van der Waals surface area contributed by atoms with Crippen molar-refractivity contribution in [1.29, 1.82) is 0 Å². The molecule has 1 unspecified atom stereocenters. The van der Waals surface area contributed by atoms with Crippen molar-refractivity contribution in [1.82, 2.24) is 10.2 Å². The quantitative estimate of drug-likeness (QED) is 0.793. The number of nitrogens with zero attached hydrogens (tertiary/aromatic N) is 1. The molecule has 1 aliphatic carbocycles. The maximum atomic E-state index is 3.66. The third-order valence-electron chi connectivity index (χ3n) is 4.59. The van der Waals surface area contributed by atoms with Gasteiger partial charge in [-0.15, -0.1) is 0 Å². The lowest BCUT2D eigenvalue weighted by molar-refractivity contribution is 0.0380. The molecule has 0 aromatic carbocycles. The summed E-state index contributed by atoms with van der Waals surface area (Å²) in [5, 5.41) is 3.66. The van der Waals surface area contributed by atoms with Crippen LogP contribution in [0.5, 0.6) is 0 Å². The van der Waals surface area contributed by atoms with Crippen molar-refractivity contribution < 1.29 is 0 Å². The van der Waals surface area contributed by atoms with E-state index in [0.29, 0.717) is 5.54 Å². The molecule has 1 atom stereocenters. The summed E-state index contributed by atoms with van der Waals surface area (Å²) in [6, 6.07) is 0.748. The van der Waals surface area contributed by atoms with E-state index in [0.717, 1.165) is 6.04 Å².